The summed E-state index contributed by atoms with van der Waals surface area (Å²) in [5.41, 5.74) is 1.40. The molecule has 18 heavy (non-hydrogen) atoms. The van der Waals surface area contributed by atoms with Gasteiger partial charge in [-0.2, -0.15) is 0 Å². The summed E-state index contributed by atoms with van der Waals surface area (Å²) in [6.45, 7) is 2.32. The Bertz CT molecular complexity index is 332. The molecule has 0 aliphatic heterocycles. The first kappa shape index (κ1) is 14.0. The van der Waals surface area contributed by atoms with Crippen molar-refractivity contribution in [1.29, 1.82) is 0 Å². The van der Waals surface area contributed by atoms with Crippen LogP contribution in [-0.4, -0.2) is 9.81 Å². The predicted octanol–water partition coefficient (Wildman–Crippen LogP) is 5.31. The number of aromatic nitrogens is 1. The Morgan fingerprint density at radius 3 is 2.56 bits per heavy atom. The largest absolute Gasteiger partial charge is 0.265 e. The number of nitrogens with zero attached hydrogens (tertiary/aromatic N) is 1. The second-order valence-corrected chi connectivity index (χ2v) is 6.84. The highest BCUT2D eigenvalue weighted by atomic mass is 79.9. The van der Waals surface area contributed by atoms with Crippen molar-refractivity contribution in [3.05, 3.63) is 30.1 Å². The predicted molar refractivity (Wildman–Crippen MR) is 81.2 cm³/mol. The molecule has 2 atom stereocenters. The summed E-state index contributed by atoms with van der Waals surface area (Å²) in [4.78, 5) is 4.69. The van der Waals surface area contributed by atoms with Crippen molar-refractivity contribution in [1.82, 2.24) is 4.98 Å². The molecule has 1 aromatic heterocycles. The number of rotatable bonds is 5. The number of hydrogen-bond donors (Lipinski definition) is 0. The molecule has 100 valence electrons. The smallest absolute Gasteiger partial charge is 0.0270 e. The minimum absolute atomic E-state index is 0.580. The molecule has 2 unspecified atom stereocenters. The van der Waals surface area contributed by atoms with Gasteiger partial charge in [-0.1, -0.05) is 55.0 Å². The molecule has 2 heteroatoms. The van der Waals surface area contributed by atoms with Gasteiger partial charge in [0.15, 0.2) is 0 Å². The lowest BCUT2D eigenvalue weighted by molar-refractivity contribution is 0.329. The minimum Gasteiger partial charge on any atom is -0.265 e. The molecule has 0 bridgehead atoms. The van der Waals surface area contributed by atoms with Gasteiger partial charge >= 0.3 is 0 Å². The third-order valence-electron chi connectivity index (χ3n) is 4.35. The Hall–Kier alpha value is -0.370. The molecule has 1 fully saturated rings. The fraction of sp³-hybridized carbons (Fsp3) is 0.688. The monoisotopic (exact) mass is 309 g/mol. The Morgan fingerprint density at radius 2 is 1.89 bits per heavy atom. The number of pyridine rings is 1. The minimum atomic E-state index is 0.580. The van der Waals surface area contributed by atoms with Gasteiger partial charge < -0.3 is 0 Å². The van der Waals surface area contributed by atoms with E-state index < -0.39 is 0 Å². The number of halogens is 1. The normalized spacial score (nSPS) is 20.6. The van der Waals surface area contributed by atoms with Gasteiger partial charge in [-0.05, 0) is 42.4 Å². The van der Waals surface area contributed by atoms with Gasteiger partial charge in [0.1, 0.15) is 0 Å². The quantitative estimate of drug-likeness (QED) is 0.672. The highest BCUT2D eigenvalue weighted by Crippen LogP contribution is 2.32. The van der Waals surface area contributed by atoms with E-state index in [-0.39, 0.29) is 0 Å². The van der Waals surface area contributed by atoms with E-state index >= 15 is 0 Å². The van der Waals surface area contributed by atoms with Crippen LogP contribution in [0.2, 0.25) is 0 Å². The van der Waals surface area contributed by atoms with E-state index in [0.717, 1.165) is 5.92 Å². The summed E-state index contributed by atoms with van der Waals surface area (Å²) in [5, 5.41) is 0. The Balaban J connectivity index is 1.78. The fourth-order valence-electron chi connectivity index (χ4n) is 3.00. The lowest BCUT2D eigenvalue weighted by Gasteiger charge is -2.24. The summed E-state index contributed by atoms with van der Waals surface area (Å²) < 4.78 is 0. The van der Waals surface area contributed by atoms with E-state index in [1.165, 1.54) is 50.5 Å². The number of hydrogen-bond acceptors (Lipinski definition) is 1. The third kappa shape index (κ3) is 4.08. The maximum Gasteiger partial charge on any atom is 0.0270 e. The molecular weight excluding hydrogens is 286 g/mol. The van der Waals surface area contributed by atoms with E-state index in [9.17, 15) is 0 Å². The fourth-order valence-corrected chi connectivity index (χ4v) is 3.57. The van der Waals surface area contributed by atoms with Crippen LogP contribution < -0.4 is 0 Å². The van der Waals surface area contributed by atoms with Gasteiger partial charge in [0.2, 0.25) is 0 Å². The van der Waals surface area contributed by atoms with Crippen LogP contribution in [0.1, 0.15) is 63.4 Å². The molecule has 0 spiro atoms. The lowest BCUT2D eigenvalue weighted by Crippen LogP contribution is -2.13. The molecule has 0 aromatic carbocycles. The molecule has 2 rings (SSSR count). The average Bonchev–Trinajstić information content (AvgIpc) is 2.46. The third-order valence-corrected chi connectivity index (χ3v) is 5.60. The molecule has 1 heterocycles. The van der Waals surface area contributed by atoms with Gasteiger partial charge in [0.25, 0.3) is 0 Å². The first-order valence-corrected chi connectivity index (χ1v) is 8.23. The van der Waals surface area contributed by atoms with Gasteiger partial charge in [-0.3, -0.25) is 4.98 Å². The van der Waals surface area contributed by atoms with E-state index in [1.54, 1.807) is 0 Å². The molecule has 0 N–H and O–H groups in total. The van der Waals surface area contributed by atoms with Gasteiger partial charge in [-0.25, -0.2) is 0 Å². The lowest BCUT2D eigenvalue weighted by atomic mass is 9.84. The molecule has 0 saturated heterocycles. The van der Waals surface area contributed by atoms with Crippen LogP contribution in [0.4, 0.5) is 0 Å². The highest BCUT2D eigenvalue weighted by molar-refractivity contribution is 9.09. The summed E-state index contributed by atoms with van der Waals surface area (Å²) in [7, 11) is 0. The summed E-state index contributed by atoms with van der Waals surface area (Å²) in [6, 6.07) is 4.28. The van der Waals surface area contributed by atoms with Crippen molar-refractivity contribution in [3.63, 3.8) is 0 Å². The summed E-state index contributed by atoms with van der Waals surface area (Å²) in [6.07, 6.45) is 13.8. The van der Waals surface area contributed by atoms with Crippen LogP contribution in [-0.2, 0) is 0 Å². The average molecular weight is 310 g/mol. The maximum absolute atomic E-state index is 4.09. The zero-order chi connectivity index (χ0) is 12.8. The maximum atomic E-state index is 4.09. The molecule has 0 radical (unpaired) electrons. The summed E-state index contributed by atoms with van der Waals surface area (Å²) in [5.74, 6) is 1.57. The molecule has 1 aliphatic carbocycles. The van der Waals surface area contributed by atoms with Crippen LogP contribution in [0.5, 0.6) is 0 Å². The standard InChI is InChI=1S/C16H24BrN/c1-13(15-9-11-18-12-10-15)16(17)8-7-14-5-3-2-4-6-14/h9-14,16H,2-8H2,1H3. The van der Waals surface area contributed by atoms with E-state index in [0.29, 0.717) is 10.7 Å². The van der Waals surface area contributed by atoms with Crippen molar-refractivity contribution >= 4 is 15.9 Å². The van der Waals surface area contributed by atoms with Crippen LogP contribution in [0.3, 0.4) is 0 Å². The molecule has 1 nitrogen and oxygen atoms in total. The van der Waals surface area contributed by atoms with Gasteiger partial charge in [0.05, 0.1) is 0 Å². The van der Waals surface area contributed by atoms with Gasteiger partial charge in [0, 0.05) is 17.2 Å². The Labute approximate surface area is 120 Å². The summed E-state index contributed by atoms with van der Waals surface area (Å²) >= 11 is 3.89. The van der Waals surface area contributed by atoms with E-state index in [1.807, 2.05) is 12.4 Å². The van der Waals surface area contributed by atoms with Gasteiger partial charge in [-0.15, -0.1) is 0 Å². The first-order valence-electron chi connectivity index (χ1n) is 7.31. The van der Waals surface area contributed by atoms with Crippen molar-refractivity contribution < 1.29 is 0 Å². The van der Waals surface area contributed by atoms with Crippen molar-refractivity contribution in [2.24, 2.45) is 5.92 Å². The van der Waals surface area contributed by atoms with Crippen LogP contribution >= 0.6 is 15.9 Å². The van der Waals surface area contributed by atoms with Crippen LogP contribution in [0.25, 0.3) is 0 Å². The zero-order valence-corrected chi connectivity index (χ0v) is 12.9. The van der Waals surface area contributed by atoms with Crippen molar-refractivity contribution in [2.45, 2.75) is 62.6 Å². The molecule has 0 amide bonds. The topological polar surface area (TPSA) is 12.9 Å². The van der Waals surface area contributed by atoms with Crippen molar-refractivity contribution in [3.8, 4) is 0 Å². The van der Waals surface area contributed by atoms with E-state index in [4.69, 9.17) is 0 Å². The van der Waals surface area contributed by atoms with Crippen LogP contribution in [0.15, 0.2) is 24.5 Å². The van der Waals surface area contributed by atoms with E-state index in [2.05, 4.69) is 40.0 Å². The molecule has 1 saturated carbocycles. The Kier molecular flexibility index (Phi) is 5.68. The first-order chi connectivity index (χ1) is 8.77. The number of alkyl halides is 1. The second-order valence-electron chi connectivity index (χ2n) is 5.67. The van der Waals surface area contributed by atoms with Crippen molar-refractivity contribution in [2.75, 3.05) is 0 Å². The Morgan fingerprint density at radius 1 is 1.22 bits per heavy atom. The second kappa shape index (κ2) is 7.28. The molecular formula is C16H24BrN. The zero-order valence-electron chi connectivity index (χ0n) is 11.3. The van der Waals surface area contributed by atoms with Crippen LogP contribution in [0, 0.1) is 5.92 Å². The highest BCUT2D eigenvalue weighted by Gasteiger charge is 2.19. The molecule has 1 aliphatic rings. The SMILES string of the molecule is CC(c1ccncc1)C(Br)CCC1CCCCC1. The molecule has 1 aromatic rings.